The number of nitrogen functional groups attached to an aromatic ring is 1. The summed E-state index contributed by atoms with van der Waals surface area (Å²) in [6, 6.07) is 16.1. The first-order chi connectivity index (χ1) is 13.2. The number of nitrogens with two attached hydrogens (primary N) is 1. The van der Waals surface area contributed by atoms with Gasteiger partial charge in [-0.3, -0.25) is 0 Å². The van der Waals surface area contributed by atoms with Gasteiger partial charge < -0.3 is 10.3 Å². The SMILES string of the molecule is CCCCn1c(-c2cc(-c3ccc(F)cc3)nc(N)n2)nc2ccccc21. The second kappa shape index (κ2) is 7.15. The highest BCUT2D eigenvalue weighted by atomic mass is 19.1. The summed E-state index contributed by atoms with van der Waals surface area (Å²) in [5, 5.41) is 0. The van der Waals surface area contributed by atoms with Gasteiger partial charge in [-0.2, -0.15) is 0 Å². The minimum Gasteiger partial charge on any atom is -0.368 e. The molecule has 6 heteroatoms. The maximum absolute atomic E-state index is 13.2. The summed E-state index contributed by atoms with van der Waals surface area (Å²) in [6.07, 6.45) is 2.12. The molecule has 0 amide bonds. The van der Waals surface area contributed by atoms with Gasteiger partial charge in [-0.05, 0) is 48.9 Å². The molecule has 5 nitrogen and oxygen atoms in total. The van der Waals surface area contributed by atoms with E-state index in [1.807, 2.05) is 24.3 Å². The highest BCUT2D eigenvalue weighted by molar-refractivity contribution is 5.80. The van der Waals surface area contributed by atoms with Crippen molar-refractivity contribution in [3.05, 3.63) is 60.4 Å². The third kappa shape index (κ3) is 3.38. The number of nitrogens with zero attached hydrogens (tertiary/aromatic N) is 4. The number of rotatable bonds is 5. The average molecular weight is 361 g/mol. The Morgan fingerprint density at radius 3 is 2.48 bits per heavy atom. The Morgan fingerprint density at radius 1 is 0.963 bits per heavy atom. The van der Waals surface area contributed by atoms with E-state index < -0.39 is 0 Å². The van der Waals surface area contributed by atoms with Gasteiger partial charge in [0.05, 0.1) is 16.7 Å². The number of fused-ring (bicyclic) bond motifs is 1. The van der Waals surface area contributed by atoms with Gasteiger partial charge in [0.15, 0.2) is 5.82 Å². The summed E-state index contributed by atoms with van der Waals surface area (Å²) in [4.78, 5) is 13.5. The molecule has 4 rings (SSSR count). The lowest BCUT2D eigenvalue weighted by Gasteiger charge is -2.10. The minimum atomic E-state index is -0.289. The lowest BCUT2D eigenvalue weighted by Crippen LogP contribution is -2.04. The number of halogens is 1. The number of para-hydroxylation sites is 2. The molecular weight excluding hydrogens is 341 g/mol. The predicted molar refractivity (Wildman–Crippen MR) is 105 cm³/mol. The average Bonchev–Trinajstić information content (AvgIpc) is 3.05. The number of hydrogen-bond donors (Lipinski definition) is 1. The van der Waals surface area contributed by atoms with Crippen LogP contribution >= 0.6 is 0 Å². The Balaban J connectivity index is 1.87. The second-order valence-electron chi connectivity index (χ2n) is 6.43. The van der Waals surface area contributed by atoms with Crippen molar-refractivity contribution >= 4 is 17.0 Å². The molecule has 0 aliphatic carbocycles. The topological polar surface area (TPSA) is 69.6 Å². The van der Waals surface area contributed by atoms with Crippen LogP contribution in [0.5, 0.6) is 0 Å². The van der Waals surface area contributed by atoms with Gasteiger partial charge in [0.25, 0.3) is 0 Å². The fourth-order valence-electron chi connectivity index (χ4n) is 3.16. The van der Waals surface area contributed by atoms with E-state index in [4.69, 9.17) is 10.7 Å². The molecule has 0 unspecified atom stereocenters. The Kier molecular flexibility index (Phi) is 4.54. The summed E-state index contributed by atoms with van der Waals surface area (Å²) in [5.74, 6) is 0.644. The molecule has 0 radical (unpaired) electrons. The zero-order valence-electron chi connectivity index (χ0n) is 15.1. The zero-order valence-corrected chi connectivity index (χ0v) is 15.1. The number of unbranched alkanes of at least 4 members (excludes halogenated alkanes) is 1. The number of aryl methyl sites for hydroxylation is 1. The molecule has 2 heterocycles. The first-order valence-electron chi connectivity index (χ1n) is 9.02. The van der Waals surface area contributed by atoms with Crippen molar-refractivity contribution in [2.75, 3.05) is 5.73 Å². The van der Waals surface area contributed by atoms with Crippen molar-refractivity contribution in [2.24, 2.45) is 0 Å². The molecule has 4 aromatic rings. The minimum absolute atomic E-state index is 0.168. The number of benzene rings is 2. The van der Waals surface area contributed by atoms with E-state index in [-0.39, 0.29) is 11.8 Å². The molecule has 0 saturated heterocycles. The van der Waals surface area contributed by atoms with Crippen LogP contribution in [0, 0.1) is 5.82 Å². The first kappa shape index (κ1) is 17.1. The molecule has 0 fully saturated rings. The number of anilines is 1. The van der Waals surface area contributed by atoms with Crippen LogP contribution in [0.25, 0.3) is 33.8 Å². The van der Waals surface area contributed by atoms with Gasteiger partial charge in [-0.1, -0.05) is 25.5 Å². The molecule has 0 spiro atoms. The zero-order chi connectivity index (χ0) is 18.8. The van der Waals surface area contributed by atoms with Crippen LogP contribution in [-0.2, 0) is 6.54 Å². The van der Waals surface area contributed by atoms with Gasteiger partial charge in [0, 0.05) is 12.1 Å². The number of imidazole rings is 1. The third-order valence-electron chi connectivity index (χ3n) is 4.50. The van der Waals surface area contributed by atoms with E-state index in [0.717, 1.165) is 41.8 Å². The highest BCUT2D eigenvalue weighted by Gasteiger charge is 2.15. The van der Waals surface area contributed by atoms with Crippen LogP contribution in [0.4, 0.5) is 10.3 Å². The van der Waals surface area contributed by atoms with Gasteiger partial charge in [-0.25, -0.2) is 19.3 Å². The molecule has 0 saturated carbocycles. The molecule has 2 aromatic carbocycles. The lowest BCUT2D eigenvalue weighted by atomic mass is 10.1. The summed E-state index contributed by atoms with van der Waals surface area (Å²) < 4.78 is 15.4. The normalized spacial score (nSPS) is 11.2. The summed E-state index contributed by atoms with van der Waals surface area (Å²) in [7, 11) is 0. The van der Waals surface area contributed by atoms with Crippen molar-refractivity contribution < 1.29 is 4.39 Å². The Labute approximate surface area is 156 Å². The molecule has 0 bridgehead atoms. The maximum atomic E-state index is 13.2. The Morgan fingerprint density at radius 2 is 1.70 bits per heavy atom. The van der Waals surface area contributed by atoms with Crippen molar-refractivity contribution in [3.8, 4) is 22.8 Å². The predicted octanol–water partition coefficient (Wildman–Crippen LogP) is 4.68. The van der Waals surface area contributed by atoms with E-state index in [1.165, 1.54) is 12.1 Å². The molecule has 0 atom stereocenters. The monoisotopic (exact) mass is 361 g/mol. The van der Waals surface area contributed by atoms with Crippen LogP contribution in [0.15, 0.2) is 54.6 Å². The molecular formula is C21H20FN5. The fourth-order valence-corrected chi connectivity index (χ4v) is 3.16. The summed E-state index contributed by atoms with van der Waals surface area (Å²) in [6.45, 7) is 3.01. The van der Waals surface area contributed by atoms with Gasteiger partial charge in [0.1, 0.15) is 11.5 Å². The van der Waals surface area contributed by atoms with Gasteiger partial charge in [0.2, 0.25) is 5.95 Å². The Hall–Kier alpha value is -3.28. The van der Waals surface area contributed by atoms with E-state index in [0.29, 0.717) is 11.4 Å². The number of hydrogen-bond acceptors (Lipinski definition) is 4. The first-order valence-corrected chi connectivity index (χ1v) is 9.02. The fraction of sp³-hybridized carbons (Fsp3) is 0.190. The van der Waals surface area contributed by atoms with Crippen LogP contribution in [-0.4, -0.2) is 19.5 Å². The van der Waals surface area contributed by atoms with Crippen LogP contribution in [0.2, 0.25) is 0 Å². The van der Waals surface area contributed by atoms with Crippen LogP contribution in [0.1, 0.15) is 19.8 Å². The third-order valence-corrected chi connectivity index (χ3v) is 4.50. The molecule has 0 aliphatic rings. The largest absolute Gasteiger partial charge is 0.368 e. The van der Waals surface area contributed by atoms with Gasteiger partial charge in [-0.15, -0.1) is 0 Å². The van der Waals surface area contributed by atoms with Crippen molar-refractivity contribution in [1.29, 1.82) is 0 Å². The lowest BCUT2D eigenvalue weighted by molar-refractivity contribution is 0.628. The van der Waals surface area contributed by atoms with E-state index in [2.05, 4.69) is 27.5 Å². The standard InChI is InChI=1S/C21H20FN5/c1-2-3-12-27-19-7-5-4-6-16(19)24-20(27)18-13-17(25-21(23)26-18)14-8-10-15(22)11-9-14/h4-11,13H,2-3,12H2,1H3,(H2,23,25,26). The van der Waals surface area contributed by atoms with Crippen molar-refractivity contribution in [2.45, 2.75) is 26.3 Å². The smallest absolute Gasteiger partial charge is 0.221 e. The summed E-state index contributed by atoms with van der Waals surface area (Å²) in [5.41, 5.74) is 10.1. The second-order valence-corrected chi connectivity index (χ2v) is 6.43. The summed E-state index contributed by atoms with van der Waals surface area (Å²) >= 11 is 0. The highest BCUT2D eigenvalue weighted by Crippen LogP contribution is 2.28. The molecule has 136 valence electrons. The van der Waals surface area contributed by atoms with E-state index >= 15 is 0 Å². The Bertz CT molecular complexity index is 1090. The van der Waals surface area contributed by atoms with Crippen molar-refractivity contribution in [1.82, 2.24) is 19.5 Å². The molecule has 2 aromatic heterocycles. The van der Waals surface area contributed by atoms with E-state index in [9.17, 15) is 4.39 Å². The maximum Gasteiger partial charge on any atom is 0.221 e. The van der Waals surface area contributed by atoms with Gasteiger partial charge >= 0.3 is 0 Å². The van der Waals surface area contributed by atoms with E-state index in [1.54, 1.807) is 12.1 Å². The van der Waals surface area contributed by atoms with Crippen molar-refractivity contribution in [3.63, 3.8) is 0 Å². The number of aromatic nitrogens is 4. The molecule has 0 aliphatic heterocycles. The molecule has 2 N–H and O–H groups in total. The quantitative estimate of drug-likeness (QED) is 0.560. The van der Waals surface area contributed by atoms with Crippen LogP contribution in [0.3, 0.4) is 0 Å². The van der Waals surface area contributed by atoms with Crippen LogP contribution < -0.4 is 5.73 Å². The molecule has 27 heavy (non-hydrogen) atoms.